The maximum absolute atomic E-state index is 13.2. The maximum Gasteiger partial charge on any atom is 0.392 e. The molecule has 0 aromatic rings. The molecule has 1 spiro atoms. The zero-order valence-electron chi connectivity index (χ0n) is 10.5. The molecule has 104 valence electrons. The number of amides is 1. The van der Waals surface area contributed by atoms with Crippen molar-refractivity contribution in [1.29, 1.82) is 0 Å². The van der Waals surface area contributed by atoms with Gasteiger partial charge in [-0.1, -0.05) is 0 Å². The number of hydrogen-bond acceptors (Lipinski definition) is 2. The number of carbonyl (C=O) groups excluding carboxylic acids is 1. The molecule has 2 fully saturated rings. The summed E-state index contributed by atoms with van der Waals surface area (Å²) in [5, 5.41) is 3.10. The summed E-state index contributed by atoms with van der Waals surface area (Å²) in [4.78, 5) is 13.0. The summed E-state index contributed by atoms with van der Waals surface area (Å²) in [6.45, 7) is 3.14. The van der Waals surface area contributed by atoms with E-state index in [1.807, 2.05) is 0 Å². The van der Waals surface area contributed by atoms with Crippen LogP contribution >= 0.6 is 0 Å². The van der Waals surface area contributed by atoms with Gasteiger partial charge in [0, 0.05) is 25.4 Å². The molecular formula is C12H19F3N2O. The average molecular weight is 264 g/mol. The van der Waals surface area contributed by atoms with Gasteiger partial charge in [-0.2, -0.15) is 13.2 Å². The highest BCUT2D eigenvalue weighted by Gasteiger charge is 2.55. The van der Waals surface area contributed by atoms with Crippen molar-refractivity contribution in [2.75, 3.05) is 26.2 Å². The lowest BCUT2D eigenvalue weighted by Crippen LogP contribution is -2.57. The Labute approximate surface area is 105 Å². The van der Waals surface area contributed by atoms with E-state index in [2.05, 4.69) is 5.32 Å². The quantitative estimate of drug-likeness (QED) is 0.723. The Kier molecular flexibility index (Phi) is 3.58. The van der Waals surface area contributed by atoms with E-state index in [4.69, 9.17) is 0 Å². The fraction of sp³-hybridized carbons (Fsp3) is 0.917. The summed E-state index contributed by atoms with van der Waals surface area (Å²) >= 11 is 0. The second kappa shape index (κ2) is 4.72. The molecular weight excluding hydrogens is 245 g/mol. The summed E-state index contributed by atoms with van der Waals surface area (Å²) < 4.78 is 39.5. The standard InChI is InChI=1S/C12H19F3N2O/c1-9(18)17-7-2-10(12(13,14)15)11(8-17)3-5-16-6-4-11/h10,16H,2-8H2,1H3/t10-/m1/s1. The van der Waals surface area contributed by atoms with Crippen LogP contribution in [0.5, 0.6) is 0 Å². The number of hydrogen-bond donors (Lipinski definition) is 1. The largest absolute Gasteiger partial charge is 0.392 e. The van der Waals surface area contributed by atoms with E-state index >= 15 is 0 Å². The van der Waals surface area contributed by atoms with Gasteiger partial charge >= 0.3 is 6.18 Å². The van der Waals surface area contributed by atoms with Gasteiger partial charge in [0.1, 0.15) is 0 Å². The molecule has 6 heteroatoms. The molecule has 2 aliphatic rings. The number of likely N-dealkylation sites (tertiary alicyclic amines) is 1. The predicted molar refractivity (Wildman–Crippen MR) is 61.0 cm³/mol. The van der Waals surface area contributed by atoms with Gasteiger partial charge in [0.05, 0.1) is 5.92 Å². The smallest absolute Gasteiger partial charge is 0.342 e. The second-order valence-electron chi connectivity index (χ2n) is 5.44. The summed E-state index contributed by atoms with van der Waals surface area (Å²) in [7, 11) is 0. The van der Waals surface area contributed by atoms with Gasteiger partial charge in [0.2, 0.25) is 5.91 Å². The van der Waals surface area contributed by atoms with Crippen molar-refractivity contribution in [1.82, 2.24) is 10.2 Å². The van der Waals surface area contributed by atoms with Gasteiger partial charge in [0.15, 0.2) is 0 Å². The van der Waals surface area contributed by atoms with E-state index in [9.17, 15) is 18.0 Å². The summed E-state index contributed by atoms with van der Waals surface area (Å²) in [5.74, 6) is -1.38. The minimum Gasteiger partial charge on any atom is -0.342 e. The Hall–Kier alpha value is -0.780. The molecule has 2 heterocycles. The average Bonchev–Trinajstić information content (AvgIpc) is 2.28. The first kappa shape index (κ1) is 13.6. The first-order valence-electron chi connectivity index (χ1n) is 6.38. The second-order valence-corrected chi connectivity index (χ2v) is 5.44. The fourth-order valence-electron chi connectivity index (χ4n) is 3.37. The van der Waals surface area contributed by atoms with Crippen LogP contribution in [0.2, 0.25) is 0 Å². The van der Waals surface area contributed by atoms with Crippen LogP contribution in [-0.4, -0.2) is 43.2 Å². The first-order chi connectivity index (χ1) is 8.35. The highest BCUT2D eigenvalue weighted by molar-refractivity contribution is 5.73. The van der Waals surface area contributed by atoms with E-state index in [1.165, 1.54) is 6.92 Å². The molecule has 2 rings (SSSR count). The summed E-state index contributed by atoms with van der Waals surface area (Å²) in [6, 6.07) is 0. The fourth-order valence-corrected chi connectivity index (χ4v) is 3.37. The van der Waals surface area contributed by atoms with Gasteiger partial charge in [-0.25, -0.2) is 0 Å². The topological polar surface area (TPSA) is 32.3 Å². The number of piperidine rings is 2. The van der Waals surface area contributed by atoms with Crippen molar-refractivity contribution in [2.24, 2.45) is 11.3 Å². The van der Waals surface area contributed by atoms with Crippen molar-refractivity contribution in [2.45, 2.75) is 32.4 Å². The first-order valence-corrected chi connectivity index (χ1v) is 6.38. The van der Waals surface area contributed by atoms with Crippen LogP contribution in [0.15, 0.2) is 0 Å². The lowest BCUT2D eigenvalue weighted by atomic mass is 9.65. The Balaban J connectivity index is 2.23. The Morgan fingerprint density at radius 2 is 1.94 bits per heavy atom. The minimum absolute atomic E-state index is 0.0447. The van der Waals surface area contributed by atoms with Crippen LogP contribution in [0.25, 0.3) is 0 Å². The molecule has 0 aliphatic carbocycles. The molecule has 18 heavy (non-hydrogen) atoms. The van der Waals surface area contributed by atoms with Crippen LogP contribution in [0.3, 0.4) is 0 Å². The van der Waals surface area contributed by atoms with E-state index in [1.54, 1.807) is 4.90 Å². The van der Waals surface area contributed by atoms with Gasteiger partial charge in [-0.15, -0.1) is 0 Å². The molecule has 2 aliphatic heterocycles. The molecule has 2 saturated heterocycles. The normalized spacial score (nSPS) is 28.4. The predicted octanol–water partition coefficient (Wildman–Crippen LogP) is 1.79. The number of carbonyl (C=O) groups is 1. The lowest BCUT2D eigenvalue weighted by Gasteiger charge is -2.50. The maximum atomic E-state index is 13.2. The van der Waals surface area contributed by atoms with Gasteiger partial charge in [0.25, 0.3) is 0 Å². The zero-order valence-corrected chi connectivity index (χ0v) is 10.5. The van der Waals surface area contributed by atoms with Crippen LogP contribution in [0.1, 0.15) is 26.2 Å². The van der Waals surface area contributed by atoms with Crippen LogP contribution in [0.4, 0.5) is 13.2 Å². The van der Waals surface area contributed by atoms with Crippen molar-refractivity contribution < 1.29 is 18.0 Å². The SMILES string of the molecule is CC(=O)N1CC[C@@H](C(F)(F)F)C2(CCNCC2)C1. The van der Waals surface area contributed by atoms with Crippen LogP contribution in [-0.2, 0) is 4.79 Å². The number of halogens is 3. The van der Waals surface area contributed by atoms with Gasteiger partial charge < -0.3 is 10.2 Å². The number of nitrogens with one attached hydrogen (secondary N) is 1. The number of rotatable bonds is 0. The lowest BCUT2D eigenvalue weighted by molar-refractivity contribution is -0.227. The Bertz CT molecular complexity index is 324. The Morgan fingerprint density at radius 1 is 1.33 bits per heavy atom. The van der Waals surface area contributed by atoms with E-state index in [0.717, 1.165) is 0 Å². The number of alkyl halides is 3. The van der Waals surface area contributed by atoms with Crippen LogP contribution in [0, 0.1) is 11.3 Å². The third-order valence-electron chi connectivity index (χ3n) is 4.37. The minimum atomic E-state index is -4.15. The summed E-state index contributed by atoms with van der Waals surface area (Å²) in [5.41, 5.74) is -0.770. The van der Waals surface area contributed by atoms with E-state index < -0.39 is 17.5 Å². The van der Waals surface area contributed by atoms with Gasteiger partial charge in [-0.05, 0) is 32.4 Å². The molecule has 1 amide bonds. The van der Waals surface area contributed by atoms with E-state index in [-0.39, 0.29) is 25.4 Å². The molecule has 0 bridgehead atoms. The highest BCUT2D eigenvalue weighted by Crippen LogP contribution is 2.50. The van der Waals surface area contributed by atoms with Crippen molar-refractivity contribution in [3.63, 3.8) is 0 Å². The molecule has 3 nitrogen and oxygen atoms in total. The zero-order chi connectivity index (χ0) is 13.4. The monoisotopic (exact) mass is 264 g/mol. The molecule has 1 atom stereocenters. The molecule has 0 aromatic carbocycles. The number of nitrogens with zero attached hydrogens (tertiary/aromatic N) is 1. The van der Waals surface area contributed by atoms with Crippen molar-refractivity contribution >= 4 is 5.91 Å². The molecule has 0 unspecified atom stereocenters. The molecule has 0 saturated carbocycles. The van der Waals surface area contributed by atoms with Gasteiger partial charge in [-0.3, -0.25) is 4.79 Å². The van der Waals surface area contributed by atoms with Crippen LogP contribution < -0.4 is 5.32 Å². The molecule has 0 radical (unpaired) electrons. The van der Waals surface area contributed by atoms with Crippen molar-refractivity contribution in [3.8, 4) is 0 Å². The third-order valence-corrected chi connectivity index (χ3v) is 4.37. The highest BCUT2D eigenvalue weighted by atomic mass is 19.4. The Morgan fingerprint density at radius 3 is 2.44 bits per heavy atom. The van der Waals surface area contributed by atoms with E-state index in [0.29, 0.717) is 25.9 Å². The molecule has 0 aromatic heterocycles. The van der Waals surface area contributed by atoms with Crippen molar-refractivity contribution in [3.05, 3.63) is 0 Å². The third kappa shape index (κ3) is 2.48. The molecule has 1 N–H and O–H groups in total. The summed E-state index contributed by atoms with van der Waals surface area (Å²) in [6.07, 6.45) is -3.11.